The molecule has 0 spiro atoms. The van der Waals surface area contributed by atoms with Crippen molar-refractivity contribution in [3.8, 4) is 5.69 Å². The molecule has 0 unspecified atom stereocenters. The molecule has 1 heterocycles. The molecule has 140 valence electrons. The Morgan fingerprint density at radius 3 is 2.37 bits per heavy atom. The summed E-state index contributed by atoms with van der Waals surface area (Å²) < 4.78 is 40.0. The maximum absolute atomic E-state index is 12.7. The molecule has 4 nitrogen and oxygen atoms in total. The fourth-order valence-electron chi connectivity index (χ4n) is 2.55. The third-order valence-electron chi connectivity index (χ3n) is 3.97. The van der Waals surface area contributed by atoms with Crippen LogP contribution in [0.25, 0.3) is 5.69 Å². The van der Waals surface area contributed by atoms with Gasteiger partial charge in [0, 0.05) is 29.8 Å². The second kappa shape index (κ2) is 7.56. The van der Waals surface area contributed by atoms with Crippen molar-refractivity contribution in [1.82, 2.24) is 14.7 Å². The summed E-state index contributed by atoms with van der Waals surface area (Å²) in [5.41, 5.74) is 0.893. The van der Waals surface area contributed by atoms with E-state index in [4.69, 9.17) is 0 Å². The molecule has 0 saturated carbocycles. The van der Waals surface area contributed by atoms with Gasteiger partial charge in [-0.25, -0.2) is 4.68 Å². The van der Waals surface area contributed by atoms with Gasteiger partial charge in [0.2, 0.25) is 0 Å². The van der Waals surface area contributed by atoms with Crippen LogP contribution in [0.4, 0.5) is 13.2 Å². The average Bonchev–Trinajstić information content (AvgIpc) is 3.14. The fourth-order valence-corrected chi connectivity index (χ4v) is 2.96. The first kappa shape index (κ1) is 19.2. The van der Waals surface area contributed by atoms with Crippen LogP contribution in [0.3, 0.4) is 0 Å². The lowest BCUT2D eigenvalue weighted by atomic mass is 10.1. The van der Waals surface area contributed by atoms with Crippen LogP contribution in [0.15, 0.2) is 65.3 Å². The van der Waals surface area contributed by atoms with Gasteiger partial charge in [-0.2, -0.15) is 18.3 Å². The monoisotopic (exact) mass is 437 g/mol. The van der Waals surface area contributed by atoms with Crippen molar-refractivity contribution in [3.05, 3.63) is 82.1 Å². The Kier molecular flexibility index (Phi) is 5.36. The topological polar surface area (TPSA) is 38.1 Å². The molecule has 2 aromatic carbocycles. The fraction of sp³-hybridized carbons (Fsp3) is 0.158. The number of nitrogens with zero attached hydrogens (tertiary/aromatic N) is 3. The van der Waals surface area contributed by atoms with Crippen LogP contribution in [0.2, 0.25) is 0 Å². The molecule has 3 aromatic rings. The largest absolute Gasteiger partial charge is 0.435 e. The number of amides is 1. The highest BCUT2D eigenvalue weighted by Gasteiger charge is 2.33. The minimum absolute atomic E-state index is 0.186. The molecule has 0 fully saturated rings. The first-order valence-corrected chi connectivity index (χ1v) is 8.77. The van der Waals surface area contributed by atoms with Crippen LogP contribution in [-0.4, -0.2) is 27.6 Å². The number of rotatable bonds is 4. The molecule has 0 radical (unpaired) electrons. The Labute approximate surface area is 162 Å². The first-order valence-electron chi connectivity index (χ1n) is 7.98. The molecule has 8 heteroatoms. The summed E-state index contributed by atoms with van der Waals surface area (Å²) in [6, 6.07) is 14.8. The molecular formula is C19H15BrF3N3O. The third kappa shape index (κ3) is 4.39. The van der Waals surface area contributed by atoms with E-state index in [1.165, 1.54) is 6.20 Å². The summed E-state index contributed by atoms with van der Waals surface area (Å²) in [6.45, 7) is 0.427. The summed E-state index contributed by atoms with van der Waals surface area (Å²) in [5, 5.41) is 3.52. The maximum atomic E-state index is 12.7. The van der Waals surface area contributed by atoms with Crippen LogP contribution < -0.4 is 0 Å². The number of hydrogen-bond acceptors (Lipinski definition) is 2. The summed E-state index contributed by atoms with van der Waals surface area (Å²) in [6.07, 6.45) is -3.26. The zero-order chi connectivity index (χ0) is 19.6. The standard InChI is InChI=1S/C19H15BrF3N3O/c1-25(12-14-4-2-3-5-16(14)20)18(27)13-6-8-15(9-7-13)26-11-10-17(24-26)19(21,22)23/h2-11H,12H2,1H3. The molecule has 0 atom stereocenters. The Balaban J connectivity index is 1.74. The predicted molar refractivity (Wildman–Crippen MR) is 98.5 cm³/mol. The molecule has 0 aliphatic carbocycles. The van der Waals surface area contributed by atoms with Crippen molar-refractivity contribution in [2.75, 3.05) is 7.05 Å². The SMILES string of the molecule is CN(Cc1ccccc1Br)C(=O)c1ccc(-n2ccc(C(F)(F)F)n2)cc1. The summed E-state index contributed by atoms with van der Waals surface area (Å²) in [5.74, 6) is -0.186. The average molecular weight is 438 g/mol. The Morgan fingerprint density at radius 2 is 1.78 bits per heavy atom. The summed E-state index contributed by atoms with van der Waals surface area (Å²) >= 11 is 3.45. The molecule has 1 aromatic heterocycles. The highest BCUT2D eigenvalue weighted by molar-refractivity contribution is 9.10. The molecule has 1 amide bonds. The Morgan fingerprint density at radius 1 is 1.11 bits per heavy atom. The maximum Gasteiger partial charge on any atom is 0.435 e. The molecule has 0 aliphatic heterocycles. The lowest BCUT2D eigenvalue weighted by molar-refractivity contribution is -0.141. The zero-order valence-corrected chi connectivity index (χ0v) is 15.8. The van der Waals surface area contributed by atoms with Gasteiger partial charge in [-0.15, -0.1) is 0 Å². The molecule has 3 rings (SSSR count). The van der Waals surface area contributed by atoms with Gasteiger partial charge >= 0.3 is 6.18 Å². The normalized spacial score (nSPS) is 11.4. The van der Waals surface area contributed by atoms with Gasteiger partial charge in [0.15, 0.2) is 5.69 Å². The molecular weight excluding hydrogens is 423 g/mol. The quantitative estimate of drug-likeness (QED) is 0.580. The number of benzene rings is 2. The van der Waals surface area contributed by atoms with E-state index in [9.17, 15) is 18.0 Å². The van der Waals surface area contributed by atoms with E-state index in [0.29, 0.717) is 17.8 Å². The predicted octanol–water partition coefficient (Wildman–Crippen LogP) is 4.93. The van der Waals surface area contributed by atoms with Gasteiger partial charge in [0.05, 0.1) is 5.69 Å². The first-order chi connectivity index (χ1) is 12.8. The van der Waals surface area contributed by atoms with E-state index < -0.39 is 11.9 Å². The number of carbonyl (C=O) groups excluding carboxylic acids is 1. The zero-order valence-electron chi connectivity index (χ0n) is 14.2. The molecule has 27 heavy (non-hydrogen) atoms. The lowest BCUT2D eigenvalue weighted by Gasteiger charge is -2.18. The van der Waals surface area contributed by atoms with Crippen LogP contribution >= 0.6 is 15.9 Å². The molecule has 0 saturated heterocycles. The second-order valence-corrected chi connectivity index (χ2v) is 6.80. The second-order valence-electron chi connectivity index (χ2n) is 5.94. The lowest BCUT2D eigenvalue weighted by Crippen LogP contribution is -2.26. The van der Waals surface area contributed by atoms with E-state index in [1.807, 2.05) is 24.3 Å². The number of carbonyl (C=O) groups is 1. The number of halogens is 4. The Hall–Kier alpha value is -2.61. The van der Waals surface area contributed by atoms with Crippen molar-refractivity contribution in [2.24, 2.45) is 0 Å². The van der Waals surface area contributed by atoms with E-state index in [1.54, 1.807) is 36.2 Å². The highest BCUT2D eigenvalue weighted by atomic mass is 79.9. The third-order valence-corrected chi connectivity index (χ3v) is 4.74. The number of alkyl halides is 3. The van der Waals surface area contributed by atoms with Crippen LogP contribution in [0.1, 0.15) is 21.6 Å². The van der Waals surface area contributed by atoms with E-state index in [-0.39, 0.29) is 5.91 Å². The van der Waals surface area contributed by atoms with Crippen molar-refractivity contribution in [1.29, 1.82) is 0 Å². The smallest absolute Gasteiger partial charge is 0.337 e. The van der Waals surface area contributed by atoms with Gasteiger partial charge in [-0.1, -0.05) is 34.1 Å². The molecule has 0 N–H and O–H groups in total. The van der Waals surface area contributed by atoms with Crippen molar-refractivity contribution in [2.45, 2.75) is 12.7 Å². The summed E-state index contributed by atoms with van der Waals surface area (Å²) in [4.78, 5) is 14.2. The van der Waals surface area contributed by atoms with Crippen molar-refractivity contribution >= 4 is 21.8 Å². The van der Waals surface area contributed by atoms with E-state index in [2.05, 4.69) is 21.0 Å². The van der Waals surface area contributed by atoms with E-state index in [0.717, 1.165) is 20.8 Å². The molecule has 0 aliphatic rings. The van der Waals surface area contributed by atoms with Crippen LogP contribution in [0, 0.1) is 0 Å². The number of aromatic nitrogens is 2. The van der Waals surface area contributed by atoms with Crippen LogP contribution in [0.5, 0.6) is 0 Å². The van der Waals surface area contributed by atoms with Gasteiger partial charge in [0.25, 0.3) is 5.91 Å². The van der Waals surface area contributed by atoms with Gasteiger partial charge < -0.3 is 4.90 Å². The van der Waals surface area contributed by atoms with Gasteiger partial charge in [-0.05, 0) is 42.0 Å². The minimum Gasteiger partial charge on any atom is -0.337 e. The van der Waals surface area contributed by atoms with E-state index >= 15 is 0 Å². The highest BCUT2D eigenvalue weighted by Crippen LogP contribution is 2.28. The summed E-state index contributed by atoms with van der Waals surface area (Å²) in [7, 11) is 1.69. The van der Waals surface area contributed by atoms with Crippen molar-refractivity contribution < 1.29 is 18.0 Å². The van der Waals surface area contributed by atoms with Crippen LogP contribution in [-0.2, 0) is 12.7 Å². The van der Waals surface area contributed by atoms with Gasteiger partial charge in [0.1, 0.15) is 0 Å². The van der Waals surface area contributed by atoms with Crippen molar-refractivity contribution in [3.63, 3.8) is 0 Å². The number of hydrogen-bond donors (Lipinski definition) is 0. The molecule has 0 bridgehead atoms. The van der Waals surface area contributed by atoms with Gasteiger partial charge in [-0.3, -0.25) is 4.79 Å². The minimum atomic E-state index is -4.49. The Bertz CT molecular complexity index is 951.